The summed E-state index contributed by atoms with van der Waals surface area (Å²) in [6.07, 6.45) is -0.274. The molecule has 0 heterocycles. The van der Waals surface area contributed by atoms with Crippen molar-refractivity contribution >= 4 is 34.7 Å². The number of alkyl halides is 1. The average Bonchev–Trinajstić information content (AvgIpc) is 2.40. The van der Waals surface area contributed by atoms with Gasteiger partial charge in [0, 0.05) is 5.38 Å². The van der Waals surface area contributed by atoms with Gasteiger partial charge in [-0.3, -0.25) is 0 Å². The first kappa shape index (κ1) is 18.9. The van der Waals surface area contributed by atoms with Crippen LogP contribution in [0.2, 0.25) is 0 Å². The van der Waals surface area contributed by atoms with E-state index in [0.29, 0.717) is 6.42 Å². The van der Waals surface area contributed by atoms with Gasteiger partial charge in [0.25, 0.3) is 0 Å². The van der Waals surface area contributed by atoms with Gasteiger partial charge < -0.3 is 22.1 Å². The number of halogens is 2. The molecule has 2 rings (SSSR count). The van der Waals surface area contributed by atoms with Gasteiger partial charge in [0.05, 0.1) is 0 Å². The molecule has 96 valence electrons. The molecule has 0 aliphatic carbocycles. The molecular weight excluding hydrogens is 336 g/mol. The van der Waals surface area contributed by atoms with Crippen molar-refractivity contribution in [2.24, 2.45) is 0 Å². The normalized spacial score (nSPS) is 12.7. The molecule has 0 spiro atoms. The third kappa shape index (κ3) is 5.84. The summed E-state index contributed by atoms with van der Waals surface area (Å²) in [5, 5.41) is 11.7. The Labute approximate surface area is 145 Å². The molecule has 0 saturated carbocycles. The molecule has 4 heteroatoms. The molecule has 0 aliphatic heterocycles. The molecule has 0 aromatic heterocycles. The predicted molar refractivity (Wildman–Crippen MR) is 74.7 cm³/mol. The quantitative estimate of drug-likeness (QED) is 0.542. The Morgan fingerprint density at radius 2 is 1.37 bits per heavy atom. The smallest absolute Gasteiger partial charge is 1.00 e. The van der Waals surface area contributed by atoms with E-state index in [1.807, 2.05) is 60.7 Å². The van der Waals surface area contributed by atoms with Gasteiger partial charge in [-0.2, -0.15) is 0 Å². The molecule has 2 aromatic rings. The molecule has 1 unspecified atom stereocenters. The molecule has 0 aliphatic rings. The minimum Gasteiger partial charge on any atom is -1.00 e. The van der Waals surface area contributed by atoms with Crippen LogP contribution >= 0.6 is 11.6 Å². The van der Waals surface area contributed by atoms with Crippen molar-refractivity contribution in [1.82, 2.24) is 0 Å². The van der Waals surface area contributed by atoms with Crippen LogP contribution < -0.4 is 22.1 Å². The third-order valence-corrected chi connectivity index (χ3v) is 3.11. The van der Waals surface area contributed by atoms with Crippen LogP contribution in [-0.2, 0) is 6.42 Å². The fourth-order valence-electron chi connectivity index (χ4n) is 1.80. The maximum Gasteiger partial charge on any atom is 2.00 e. The fourth-order valence-corrected chi connectivity index (χ4v) is 2.12. The van der Waals surface area contributed by atoms with Gasteiger partial charge in [0.2, 0.25) is 0 Å². The van der Waals surface area contributed by atoms with Crippen molar-refractivity contribution < 1.29 is 22.1 Å². The van der Waals surface area contributed by atoms with E-state index in [9.17, 15) is 5.11 Å². The first-order valence-electron chi connectivity index (χ1n) is 5.66. The maximum absolute atomic E-state index is 12.1. The standard InChI is InChI=1S/C15H14ClO.BrH.Mg/c16-14(11-12-7-3-1-4-8-12)15(17)13-9-5-2-6-10-13;;/h1-10,14-15H,11H2;1H;/q-1;;+2/p-1/t14?,15-;;/m1../s1. The molecule has 1 nitrogen and oxygen atoms in total. The molecule has 0 bridgehead atoms. The van der Waals surface area contributed by atoms with Gasteiger partial charge in [-0.1, -0.05) is 72.3 Å². The Morgan fingerprint density at radius 3 is 1.89 bits per heavy atom. The molecule has 0 amide bonds. The maximum atomic E-state index is 12.1. The van der Waals surface area contributed by atoms with Crippen molar-refractivity contribution in [1.29, 1.82) is 0 Å². The summed E-state index contributed by atoms with van der Waals surface area (Å²) in [7, 11) is 0. The molecule has 0 N–H and O–H groups in total. The molecule has 19 heavy (non-hydrogen) atoms. The van der Waals surface area contributed by atoms with E-state index in [-0.39, 0.29) is 40.0 Å². The third-order valence-electron chi connectivity index (χ3n) is 2.73. The summed E-state index contributed by atoms with van der Waals surface area (Å²) >= 11 is 6.19. The zero-order chi connectivity index (χ0) is 12.1. The van der Waals surface area contributed by atoms with Crippen LogP contribution in [0.4, 0.5) is 0 Å². The monoisotopic (exact) mass is 348 g/mol. The summed E-state index contributed by atoms with van der Waals surface area (Å²) in [6, 6.07) is 19.2. The molecule has 0 fully saturated rings. The van der Waals surface area contributed by atoms with Gasteiger partial charge in [0.15, 0.2) is 0 Å². The molecule has 2 aromatic carbocycles. The van der Waals surface area contributed by atoms with E-state index >= 15 is 0 Å². The summed E-state index contributed by atoms with van der Waals surface area (Å²) in [5.74, 6) is 0. The number of hydrogen-bond donors (Lipinski definition) is 0. The zero-order valence-corrected chi connectivity index (χ0v) is 14.3. The Hall–Kier alpha value is -0.0638. The summed E-state index contributed by atoms with van der Waals surface area (Å²) in [6.45, 7) is 0. The van der Waals surface area contributed by atoms with E-state index in [1.54, 1.807) is 0 Å². The molecule has 0 saturated heterocycles. The zero-order valence-electron chi connectivity index (χ0n) is 10.5. The second-order valence-electron chi connectivity index (χ2n) is 4.04. The Bertz CT molecular complexity index is 452. The van der Waals surface area contributed by atoms with Crippen molar-refractivity contribution in [3.05, 3.63) is 71.8 Å². The first-order chi connectivity index (χ1) is 8.27. The van der Waals surface area contributed by atoms with Gasteiger partial charge in [-0.05, 0) is 12.0 Å². The van der Waals surface area contributed by atoms with Crippen LogP contribution in [0.15, 0.2) is 60.7 Å². The predicted octanol–water partition coefficient (Wildman–Crippen LogP) is -0.439. The van der Waals surface area contributed by atoms with E-state index in [4.69, 9.17) is 11.6 Å². The van der Waals surface area contributed by atoms with Gasteiger partial charge >= 0.3 is 23.1 Å². The Kier molecular flexibility index (Phi) is 9.75. The Balaban J connectivity index is 0.00000162. The van der Waals surface area contributed by atoms with Crippen molar-refractivity contribution in [2.75, 3.05) is 0 Å². The van der Waals surface area contributed by atoms with Crippen LogP contribution in [0.3, 0.4) is 0 Å². The number of benzene rings is 2. The van der Waals surface area contributed by atoms with Crippen LogP contribution in [0, 0.1) is 0 Å². The Morgan fingerprint density at radius 1 is 0.895 bits per heavy atom. The van der Waals surface area contributed by atoms with E-state index < -0.39 is 11.5 Å². The molecule has 2 atom stereocenters. The topological polar surface area (TPSA) is 23.1 Å². The largest absolute Gasteiger partial charge is 2.00 e. The second kappa shape index (κ2) is 9.78. The van der Waals surface area contributed by atoms with Crippen LogP contribution in [0.25, 0.3) is 0 Å². The summed E-state index contributed by atoms with van der Waals surface area (Å²) in [5.41, 5.74) is 1.85. The van der Waals surface area contributed by atoms with Crippen molar-refractivity contribution in [3.8, 4) is 0 Å². The van der Waals surface area contributed by atoms with Crippen LogP contribution in [0.5, 0.6) is 0 Å². The SMILES string of the molecule is [Br-].[Mg+2].[O-][C@H](c1ccccc1)C(Cl)Cc1ccccc1. The average molecular weight is 350 g/mol. The summed E-state index contributed by atoms with van der Waals surface area (Å²) in [4.78, 5) is 0. The van der Waals surface area contributed by atoms with Gasteiger partial charge in [0.1, 0.15) is 0 Å². The second-order valence-corrected chi connectivity index (χ2v) is 4.60. The number of hydrogen-bond acceptors (Lipinski definition) is 1. The molecular formula is C15H14BrClMgO. The summed E-state index contributed by atoms with van der Waals surface area (Å²) < 4.78 is 0. The first-order valence-corrected chi connectivity index (χ1v) is 6.10. The molecule has 0 radical (unpaired) electrons. The van der Waals surface area contributed by atoms with E-state index in [0.717, 1.165) is 11.1 Å². The van der Waals surface area contributed by atoms with Gasteiger partial charge in [-0.25, -0.2) is 0 Å². The van der Waals surface area contributed by atoms with E-state index in [2.05, 4.69) is 0 Å². The minimum atomic E-state index is -0.877. The minimum absolute atomic E-state index is 0. The van der Waals surface area contributed by atoms with Crippen LogP contribution in [-0.4, -0.2) is 28.4 Å². The van der Waals surface area contributed by atoms with Crippen molar-refractivity contribution in [2.45, 2.75) is 17.9 Å². The number of rotatable bonds is 4. The van der Waals surface area contributed by atoms with E-state index in [1.165, 1.54) is 0 Å². The van der Waals surface area contributed by atoms with Crippen LogP contribution in [0.1, 0.15) is 17.2 Å². The van der Waals surface area contributed by atoms with Crippen molar-refractivity contribution in [3.63, 3.8) is 0 Å². The fraction of sp³-hybridized carbons (Fsp3) is 0.200. The van der Waals surface area contributed by atoms with Gasteiger partial charge in [-0.15, -0.1) is 11.6 Å².